The van der Waals surface area contributed by atoms with E-state index in [1.54, 1.807) is 0 Å². The van der Waals surface area contributed by atoms with Gasteiger partial charge in [-0.1, -0.05) is 52.4 Å². The van der Waals surface area contributed by atoms with E-state index in [2.05, 4.69) is 26.5 Å². The first-order chi connectivity index (χ1) is 5.81. The third-order valence-corrected chi connectivity index (χ3v) is 2.99. The van der Waals surface area contributed by atoms with Crippen molar-refractivity contribution < 1.29 is 0 Å². The molecule has 0 saturated carbocycles. The summed E-state index contributed by atoms with van der Waals surface area (Å²) in [4.78, 5) is 0. The van der Waals surface area contributed by atoms with Gasteiger partial charge in [0.05, 0.1) is 0 Å². The Morgan fingerprint density at radius 2 is 1.58 bits per heavy atom. The predicted octanol–water partition coefficient (Wildman–Crippen LogP) is 4.30. The third kappa shape index (κ3) is 8.45. The van der Waals surface area contributed by atoms with E-state index in [1.807, 2.05) is 0 Å². The molecule has 0 spiro atoms. The zero-order valence-electron chi connectivity index (χ0n) is 8.68. The van der Waals surface area contributed by atoms with Gasteiger partial charge in [0.15, 0.2) is 0 Å². The molecule has 0 radical (unpaired) electrons. The maximum absolute atomic E-state index is 4.27. The molecule has 0 aromatic rings. The summed E-state index contributed by atoms with van der Waals surface area (Å²) >= 11 is 4.27. The van der Waals surface area contributed by atoms with Crippen molar-refractivity contribution in [1.82, 2.24) is 0 Å². The number of thiol groups is 1. The van der Waals surface area contributed by atoms with Crippen LogP contribution in [0.3, 0.4) is 0 Å². The summed E-state index contributed by atoms with van der Waals surface area (Å²) < 4.78 is 0. The van der Waals surface area contributed by atoms with Crippen LogP contribution >= 0.6 is 12.6 Å². The minimum absolute atomic E-state index is 0.819. The topological polar surface area (TPSA) is 0 Å². The highest BCUT2D eigenvalue weighted by Crippen LogP contribution is 2.12. The van der Waals surface area contributed by atoms with Gasteiger partial charge in [-0.3, -0.25) is 0 Å². The normalized spacial score (nSPS) is 13.2. The van der Waals surface area contributed by atoms with Gasteiger partial charge in [-0.05, 0) is 18.1 Å². The van der Waals surface area contributed by atoms with Gasteiger partial charge in [0.2, 0.25) is 0 Å². The Hall–Kier alpha value is 0.350. The number of rotatable bonds is 8. The van der Waals surface area contributed by atoms with Crippen LogP contribution < -0.4 is 0 Å². The number of hydrogen-bond donors (Lipinski definition) is 1. The molecule has 1 unspecified atom stereocenters. The van der Waals surface area contributed by atoms with Crippen molar-refractivity contribution in [1.29, 1.82) is 0 Å². The first-order valence-electron chi connectivity index (χ1n) is 5.42. The molecular formula is C11H24S. The van der Waals surface area contributed by atoms with E-state index >= 15 is 0 Å². The Kier molecular flexibility index (Phi) is 9.71. The fourth-order valence-electron chi connectivity index (χ4n) is 1.36. The second-order valence-corrected chi connectivity index (χ2v) is 4.21. The lowest BCUT2D eigenvalue weighted by Gasteiger charge is -2.06. The molecule has 0 bridgehead atoms. The van der Waals surface area contributed by atoms with Crippen LogP contribution in [0.1, 0.15) is 58.8 Å². The molecule has 0 rings (SSSR count). The average molecular weight is 188 g/mol. The van der Waals surface area contributed by atoms with Crippen molar-refractivity contribution in [3.05, 3.63) is 0 Å². The molecule has 0 heterocycles. The monoisotopic (exact) mass is 188 g/mol. The Labute approximate surface area is 83.5 Å². The lowest BCUT2D eigenvalue weighted by molar-refractivity contribution is 0.520. The van der Waals surface area contributed by atoms with Crippen molar-refractivity contribution in [3.8, 4) is 0 Å². The van der Waals surface area contributed by atoms with Gasteiger partial charge in [-0.2, -0.15) is 12.6 Å². The minimum Gasteiger partial charge on any atom is -0.179 e. The highest BCUT2D eigenvalue weighted by molar-refractivity contribution is 7.80. The van der Waals surface area contributed by atoms with Gasteiger partial charge >= 0.3 is 0 Å². The summed E-state index contributed by atoms with van der Waals surface area (Å²) in [5.74, 6) is 1.87. The number of unbranched alkanes of at least 4 members (excludes halogenated alkanes) is 5. The largest absolute Gasteiger partial charge is 0.179 e. The van der Waals surface area contributed by atoms with Gasteiger partial charge < -0.3 is 0 Å². The van der Waals surface area contributed by atoms with Crippen LogP contribution in [0.2, 0.25) is 0 Å². The molecule has 12 heavy (non-hydrogen) atoms. The van der Waals surface area contributed by atoms with Crippen molar-refractivity contribution in [3.63, 3.8) is 0 Å². The standard InChI is InChI=1S/C11H24S/c1-3-4-5-6-7-8-9-11(2)10-12/h11-12H,3-10H2,1-2H3. The second-order valence-electron chi connectivity index (χ2n) is 3.84. The highest BCUT2D eigenvalue weighted by Gasteiger charge is 1.97. The van der Waals surface area contributed by atoms with Gasteiger partial charge in [-0.25, -0.2) is 0 Å². The van der Waals surface area contributed by atoms with E-state index in [0.717, 1.165) is 11.7 Å². The van der Waals surface area contributed by atoms with Crippen molar-refractivity contribution in [2.24, 2.45) is 5.92 Å². The predicted molar refractivity (Wildman–Crippen MR) is 61.0 cm³/mol. The van der Waals surface area contributed by atoms with E-state index < -0.39 is 0 Å². The molecule has 0 amide bonds. The Balaban J connectivity index is 2.90. The SMILES string of the molecule is CCCCCCCCC(C)CS. The van der Waals surface area contributed by atoms with E-state index in [1.165, 1.54) is 44.9 Å². The molecule has 1 heteroatoms. The van der Waals surface area contributed by atoms with Crippen LogP contribution in [-0.4, -0.2) is 5.75 Å². The van der Waals surface area contributed by atoms with Crippen LogP contribution in [0.5, 0.6) is 0 Å². The third-order valence-electron chi connectivity index (χ3n) is 2.36. The van der Waals surface area contributed by atoms with Crippen molar-refractivity contribution in [2.75, 3.05) is 5.75 Å². The molecule has 0 nitrogen and oxygen atoms in total. The van der Waals surface area contributed by atoms with E-state index in [0.29, 0.717) is 0 Å². The Morgan fingerprint density at radius 3 is 2.17 bits per heavy atom. The van der Waals surface area contributed by atoms with Gasteiger partial charge in [0, 0.05) is 0 Å². The maximum Gasteiger partial charge on any atom is -0.00721 e. The summed E-state index contributed by atoms with van der Waals surface area (Å²) in [5.41, 5.74) is 0. The molecule has 0 aliphatic heterocycles. The first-order valence-corrected chi connectivity index (χ1v) is 6.05. The summed E-state index contributed by atoms with van der Waals surface area (Å²) in [6.07, 6.45) is 9.85. The van der Waals surface area contributed by atoms with Crippen LogP contribution in [-0.2, 0) is 0 Å². The van der Waals surface area contributed by atoms with E-state index in [4.69, 9.17) is 0 Å². The molecule has 0 fully saturated rings. The molecule has 0 aromatic carbocycles. The van der Waals surface area contributed by atoms with Crippen LogP contribution in [0.15, 0.2) is 0 Å². The van der Waals surface area contributed by atoms with Crippen LogP contribution in [0.4, 0.5) is 0 Å². The average Bonchev–Trinajstić information content (AvgIpc) is 2.10. The molecule has 0 saturated heterocycles. The zero-order valence-corrected chi connectivity index (χ0v) is 9.58. The molecule has 1 atom stereocenters. The lowest BCUT2D eigenvalue weighted by atomic mass is 10.0. The zero-order chi connectivity index (χ0) is 9.23. The van der Waals surface area contributed by atoms with Crippen molar-refractivity contribution >= 4 is 12.6 Å². The van der Waals surface area contributed by atoms with E-state index in [9.17, 15) is 0 Å². The maximum atomic E-state index is 4.27. The lowest BCUT2D eigenvalue weighted by Crippen LogP contribution is -1.95. The molecule has 0 aliphatic rings. The number of hydrogen-bond acceptors (Lipinski definition) is 1. The smallest absolute Gasteiger partial charge is 0.00721 e. The molecule has 74 valence electrons. The molecule has 0 N–H and O–H groups in total. The summed E-state index contributed by atoms with van der Waals surface area (Å²) in [7, 11) is 0. The van der Waals surface area contributed by atoms with Crippen LogP contribution in [0, 0.1) is 5.92 Å². The van der Waals surface area contributed by atoms with Gasteiger partial charge in [0.25, 0.3) is 0 Å². The quantitative estimate of drug-likeness (QED) is 0.426. The Bertz CT molecular complexity index is 81.1. The summed E-state index contributed by atoms with van der Waals surface area (Å²) in [6.45, 7) is 4.56. The second kappa shape index (κ2) is 9.44. The van der Waals surface area contributed by atoms with Crippen LogP contribution in [0.25, 0.3) is 0 Å². The summed E-state index contributed by atoms with van der Waals surface area (Å²) in [6, 6.07) is 0. The first kappa shape index (κ1) is 12.3. The fourth-order valence-corrected chi connectivity index (χ4v) is 1.55. The molecular weight excluding hydrogens is 164 g/mol. The Morgan fingerprint density at radius 1 is 1.00 bits per heavy atom. The van der Waals surface area contributed by atoms with Crippen molar-refractivity contribution in [2.45, 2.75) is 58.8 Å². The highest BCUT2D eigenvalue weighted by atomic mass is 32.1. The van der Waals surface area contributed by atoms with Gasteiger partial charge in [-0.15, -0.1) is 0 Å². The minimum atomic E-state index is 0.819. The summed E-state index contributed by atoms with van der Waals surface area (Å²) in [5, 5.41) is 0. The van der Waals surface area contributed by atoms with E-state index in [-0.39, 0.29) is 0 Å². The fraction of sp³-hybridized carbons (Fsp3) is 1.00. The van der Waals surface area contributed by atoms with Gasteiger partial charge in [0.1, 0.15) is 0 Å². The molecule has 0 aliphatic carbocycles. The molecule has 0 aromatic heterocycles.